The highest BCUT2D eigenvalue weighted by molar-refractivity contribution is 5.80. The van der Waals surface area contributed by atoms with Gasteiger partial charge < -0.3 is 10.6 Å². The van der Waals surface area contributed by atoms with E-state index in [1.54, 1.807) is 14.1 Å². The third-order valence-corrected chi connectivity index (χ3v) is 1.88. The molecular formula is C10H12F3N3. The summed E-state index contributed by atoms with van der Waals surface area (Å²) in [6.07, 6.45) is -4.36. The van der Waals surface area contributed by atoms with Crippen molar-refractivity contribution in [3.8, 4) is 0 Å². The van der Waals surface area contributed by atoms with E-state index in [9.17, 15) is 13.2 Å². The summed E-state index contributed by atoms with van der Waals surface area (Å²) in [4.78, 5) is 5.37. The molecule has 0 saturated heterocycles. The number of guanidine groups is 1. The SMILES string of the molecule is CN(C)C(N)=Nc1cccc(C(F)(F)F)c1. The molecule has 0 unspecified atom stereocenters. The monoisotopic (exact) mass is 231 g/mol. The summed E-state index contributed by atoms with van der Waals surface area (Å²) in [6, 6.07) is 4.71. The molecule has 0 aromatic heterocycles. The van der Waals surface area contributed by atoms with Crippen molar-refractivity contribution >= 4 is 11.6 Å². The number of nitrogens with two attached hydrogens (primary N) is 1. The van der Waals surface area contributed by atoms with Crippen molar-refractivity contribution in [2.75, 3.05) is 14.1 Å². The minimum atomic E-state index is -4.36. The minimum Gasteiger partial charge on any atom is -0.370 e. The van der Waals surface area contributed by atoms with Gasteiger partial charge in [0.25, 0.3) is 0 Å². The van der Waals surface area contributed by atoms with Crippen LogP contribution in [-0.2, 0) is 6.18 Å². The van der Waals surface area contributed by atoms with Crippen LogP contribution in [0.5, 0.6) is 0 Å². The fraction of sp³-hybridized carbons (Fsp3) is 0.300. The van der Waals surface area contributed by atoms with E-state index in [1.807, 2.05) is 0 Å². The number of rotatable bonds is 1. The normalized spacial score (nSPS) is 12.7. The van der Waals surface area contributed by atoms with Gasteiger partial charge in [0.1, 0.15) is 0 Å². The van der Waals surface area contributed by atoms with Crippen LogP contribution in [0.3, 0.4) is 0 Å². The predicted octanol–water partition coefficient (Wildman–Crippen LogP) is 2.21. The Balaban J connectivity index is 3.05. The van der Waals surface area contributed by atoms with Crippen LogP contribution in [0.15, 0.2) is 29.3 Å². The van der Waals surface area contributed by atoms with Crippen molar-refractivity contribution in [1.82, 2.24) is 4.90 Å². The molecule has 0 radical (unpaired) electrons. The molecule has 2 N–H and O–H groups in total. The van der Waals surface area contributed by atoms with Gasteiger partial charge in [-0.05, 0) is 18.2 Å². The number of benzene rings is 1. The lowest BCUT2D eigenvalue weighted by atomic mass is 10.2. The van der Waals surface area contributed by atoms with E-state index >= 15 is 0 Å². The van der Waals surface area contributed by atoms with Gasteiger partial charge in [0, 0.05) is 14.1 Å². The second kappa shape index (κ2) is 4.42. The van der Waals surface area contributed by atoms with E-state index in [4.69, 9.17) is 5.73 Å². The molecule has 1 aromatic carbocycles. The Morgan fingerprint density at radius 2 is 1.94 bits per heavy atom. The number of halogens is 3. The third kappa shape index (κ3) is 3.15. The van der Waals surface area contributed by atoms with Gasteiger partial charge in [-0.2, -0.15) is 13.2 Å². The molecule has 0 spiro atoms. The zero-order valence-electron chi connectivity index (χ0n) is 8.92. The molecule has 3 nitrogen and oxygen atoms in total. The zero-order chi connectivity index (χ0) is 12.3. The molecule has 0 saturated carbocycles. The van der Waals surface area contributed by atoms with Gasteiger partial charge in [0.15, 0.2) is 5.96 Å². The highest BCUT2D eigenvalue weighted by atomic mass is 19.4. The standard InChI is InChI=1S/C10H12F3N3/c1-16(2)9(14)15-8-5-3-4-7(6-8)10(11,12)13/h3-6H,1-2H3,(H2,14,15). The summed E-state index contributed by atoms with van der Waals surface area (Å²) < 4.78 is 37.1. The Morgan fingerprint density at radius 3 is 2.44 bits per heavy atom. The van der Waals surface area contributed by atoms with Crippen LogP contribution in [0.2, 0.25) is 0 Å². The molecule has 0 heterocycles. The maximum atomic E-state index is 12.4. The molecular weight excluding hydrogens is 219 g/mol. The van der Waals surface area contributed by atoms with Crippen molar-refractivity contribution in [3.05, 3.63) is 29.8 Å². The first-order valence-corrected chi connectivity index (χ1v) is 4.49. The summed E-state index contributed by atoms with van der Waals surface area (Å²) in [6.45, 7) is 0. The van der Waals surface area contributed by atoms with Crippen LogP contribution in [0.1, 0.15) is 5.56 Å². The summed E-state index contributed by atoms with van der Waals surface area (Å²) in [5.41, 5.74) is 4.95. The summed E-state index contributed by atoms with van der Waals surface area (Å²) in [5, 5.41) is 0. The van der Waals surface area contributed by atoms with Crippen molar-refractivity contribution in [2.45, 2.75) is 6.18 Å². The Labute approximate surface area is 91.4 Å². The minimum absolute atomic E-state index is 0.152. The van der Waals surface area contributed by atoms with E-state index in [0.29, 0.717) is 0 Å². The fourth-order valence-corrected chi connectivity index (χ4v) is 0.984. The van der Waals surface area contributed by atoms with E-state index in [0.717, 1.165) is 12.1 Å². The number of nitrogens with zero attached hydrogens (tertiary/aromatic N) is 2. The molecule has 16 heavy (non-hydrogen) atoms. The molecule has 88 valence electrons. The Hall–Kier alpha value is -1.72. The van der Waals surface area contributed by atoms with Gasteiger partial charge in [-0.3, -0.25) is 0 Å². The largest absolute Gasteiger partial charge is 0.416 e. The first-order chi connectivity index (χ1) is 7.30. The number of hydrogen-bond donors (Lipinski definition) is 1. The highest BCUT2D eigenvalue weighted by Gasteiger charge is 2.30. The topological polar surface area (TPSA) is 41.6 Å². The van der Waals surface area contributed by atoms with Gasteiger partial charge >= 0.3 is 6.18 Å². The molecule has 0 aliphatic rings. The van der Waals surface area contributed by atoms with Gasteiger partial charge in [-0.25, -0.2) is 4.99 Å². The van der Waals surface area contributed by atoms with E-state index in [2.05, 4.69) is 4.99 Å². The van der Waals surface area contributed by atoms with E-state index in [-0.39, 0.29) is 11.6 Å². The number of alkyl halides is 3. The van der Waals surface area contributed by atoms with Crippen LogP contribution >= 0.6 is 0 Å². The average molecular weight is 231 g/mol. The lowest BCUT2D eigenvalue weighted by molar-refractivity contribution is -0.137. The van der Waals surface area contributed by atoms with E-state index < -0.39 is 11.7 Å². The molecule has 0 aliphatic heterocycles. The first-order valence-electron chi connectivity index (χ1n) is 4.49. The van der Waals surface area contributed by atoms with Gasteiger partial charge in [0.05, 0.1) is 11.3 Å². The number of hydrogen-bond acceptors (Lipinski definition) is 1. The van der Waals surface area contributed by atoms with Crippen molar-refractivity contribution in [3.63, 3.8) is 0 Å². The second-order valence-corrected chi connectivity index (χ2v) is 3.41. The summed E-state index contributed by atoms with van der Waals surface area (Å²) in [7, 11) is 3.32. The average Bonchev–Trinajstić information content (AvgIpc) is 2.16. The fourth-order valence-electron chi connectivity index (χ4n) is 0.984. The van der Waals surface area contributed by atoms with Crippen molar-refractivity contribution < 1.29 is 13.2 Å². The Morgan fingerprint density at radius 1 is 1.31 bits per heavy atom. The van der Waals surface area contributed by atoms with Gasteiger partial charge in [0.2, 0.25) is 0 Å². The molecule has 0 fully saturated rings. The van der Waals surface area contributed by atoms with Crippen molar-refractivity contribution in [1.29, 1.82) is 0 Å². The highest BCUT2D eigenvalue weighted by Crippen LogP contribution is 2.31. The Kier molecular flexibility index (Phi) is 3.41. The smallest absolute Gasteiger partial charge is 0.370 e. The van der Waals surface area contributed by atoms with Crippen LogP contribution in [-0.4, -0.2) is 25.0 Å². The third-order valence-electron chi connectivity index (χ3n) is 1.88. The molecule has 6 heteroatoms. The van der Waals surface area contributed by atoms with Crippen LogP contribution in [0, 0.1) is 0 Å². The second-order valence-electron chi connectivity index (χ2n) is 3.41. The number of aliphatic imine (C=N–C) groups is 1. The van der Waals surface area contributed by atoms with Crippen LogP contribution in [0.25, 0.3) is 0 Å². The Bertz CT molecular complexity index is 397. The van der Waals surface area contributed by atoms with Crippen LogP contribution < -0.4 is 5.73 Å². The maximum Gasteiger partial charge on any atom is 0.416 e. The van der Waals surface area contributed by atoms with Crippen LogP contribution in [0.4, 0.5) is 18.9 Å². The molecule has 1 rings (SSSR count). The summed E-state index contributed by atoms with van der Waals surface area (Å²) >= 11 is 0. The summed E-state index contributed by atoms with van der Waals surface area (Å²) in [5.74, 6) is 0.152. The van der Waals surface area contributed by atoms with Gasteiger partial charge in [-0.15, -0.1) is 0 Å². The lowest BCUT2D eigenvalue weighted by Gasteiger charge is -2.11. The van der Waals surface area contributed by atoms with E-state index in [1.165, 1.54) is 17.0 Å². The quantitative estimate of drug-likeness (QED) is 0.594. The molecule has 1 aromatic rings. The molecule has 0 aliphatic carbocycles. The first kappa shape index (κ1) is 12.4. The molecule has 0 atom stereocenters. The van der Waals surface area contributed by atoms with Crippen molar-refractivity contribution in [2.24, 2.45) is 10.7 Å². The lowest BCUT2D eigenvalue weighted by Crippen LogP contribution is -2.29. The van der Waals surface area contributed by atoms with Gasteiger partial charge in [-0.1, -0.05) is 6.07 Å². The zero-order valence-corrected chi connectivity index (χ0v) is 8.92. The molecule has 0 amide bonds. The predicted molar refractivity (Wildman–Crippen MR) is 56.4 cm³/mol. The maximum absolute atomic E-state index is 12.4. The molecule has 0 bridgehead atoms.